The van der Waals surface area contributed by atoms with E-state index in [1.54, 1.807) is 36.4 Å². The normalized spacial score (nSPS) is 18.3. The lowest BCUT2D eigenvalue weighted by Gasteiger charge is -2.46. The maximum absolute atomic E-state index is 14.0. The second-order valence-electron chi connectivity index (χ2n) is 10.7. The van der Waals surface area contributed by atoms with Crippen molar-refractivity contribution in [3.8, 4) is 17.1 Å². The molecule has 3 aromatic heterocycles. The van der Waals surface area contributed by atoms with Gasteiger partial charge < -0.3 is 23.9 Å². The van der Waals surface area contributed by atoms with Gasteiger partial charge in [-0.2, -0.15) is 13.2 Å². The van der Waals surface area contributed by atoms with Crippen LogP contribution in [0.2, 0.25) is 0 Å². The number of nitrogens with one attached hydrogen (secondary N) is 1. The van der Waals surface area contributed by atoms with E-state index in [-0.39, 0.29) is 17.1 Å². The van der Waals surface area contributed by atoms with Crippen molar-refractivity contribution in [1.29, 1.82) is 0 Å². The molecule has 1 atom stereocenters. The van der Waals surface area contributed by atoms with Crippen LogP contribution in [-0.4, -0.2) is 86.2 Å². The molecule has 0 bridgehead atoms. The van der Waals surface area contributed by atoms with Crippen LogP contribution in [0.15, 0.2) is 60.8 Å². The molecule has 0 aliphatic carbocycles. The minimum Gasteiger partial charge on any atom is -0.480 e. The number of amides is 1. The van der Waals surface area contributed by atoms with Crippen LogP contribution in [0.5, 0.6) is 5.88 Å². The van der Waals surface area contributed by atoms with Crippen molar-refractivity contribution < 1.29 is 27.4 Å². The number of methoxy groups -OCH3 is 1. The first-order valence-corrected chi connectivity index (χ1v) is 13.9. The van der Waals surface area contributed by atoms with Crippen molar-refractivity contribution in [2.24, 2.45) is 0 Å². The fourth-order valence-corrected chi connectivity index (χ4v) is 5.87. The number of hydrogen-bond acceptors (Lipinski definition) is 7. The Bertz CT molecular complexity index is 1810. The smallest absolute Gasteiger partial charge is 0.449 e. The highest BCUT2D eigenvalue weighted by molar-refractivity contribution is 5.85. The van der Waals surface area contributed by atoms with Gasteiger partial charge in [-0.25, -0.2) is 15.0 Å². The van der Waals surface area contributed by atoms with Gasteiger partial charge in [0.2, 0.25) is 17.6 Å². The van der Waals surface area contributed by atoms with E-state index in [1.165, 1.54) is 6.07 Å². The van der Waals surface area contributed by atoms with Crippen LogP contribution in [0.4, 0.5) is 13.2 Å². The number of halogens is 3. The molecule has 0 unspecified atom stereocenters. The van der Waals surface area contributed by atoms with Gasteiger partial charge in [0.1, 0.15) is 18.4 Å². The zero-order valence-electron chi connectivity index (χ0n) is 23.2. The molecule has 7 rings (SSSR count). The Morgan fingerprint density at radius 2 is 1.84 bits per heavy atom. The minimum absolute atomic E-state index is 0.183. The maximum atomic E-state index is 14.0. The van der Waals surface area contributed by atoms with Crippen LogP contribution in [0, 0.1) is 0 Å². The van der Waals surface area contributed by atoms with Gasteiger partial charge in [0.05, 0.1) is 60.4 Å². The van der Waals surface area contributed by atoms with E-state index < -0.39 is 30.5 Å². The zero-order valence-corrected chi connectivity index (χ0v) is 23.2. The highest BCUT2D eigenvalue weighted by Crippen LogP contribution is 2.35. The number of H-pyrrole nitrogens is 1. The number of hydrogen-bond donors (Lipinski definition) is 1. The lowest BCUT2D eigenvalue weighted by atomic mass is 10.1. The third-order valence-electron chi connectivity index (χ3n) is 8.15. The molecule has 13 heteroatoms. The molecule has 5 aromatic rings. The summed E-state index contributed by atoms with van der Waals surface area (Å²) in [6, 6.07) is 15.6. The number of piperazine rings is 1. The molecular formula is C30H28F3N7O3. The molecule has 0 radical (unpaired) electrons. The summed E-state index contributed by atoms with van der Waals surface area (Å²) in [7, 11) is 1.55. The fraction of sp³-hybridized carbons (Fsp3) is 0.333. The summed E-state index contributed by atoms with van der Waals surface area (Å²) in [4.78, 5) is 34.1. The largest absolute Gasteiger partial charge is 0.480 e. The van der Waals surface area contributed by atoms with Gasteiger partial charge in [0, 0.05) is 25.0 Å². The van der Waals surface area contributed by atoms with Crippen LogP contribution in [-0.2, 0) is 22.3 Å². The first-order chi connectivity index (χ1) is 20.8. The molecule has 2 aliphatic heterocycles. The maximum Gasteiger partial charge on any atom is 0.449 e. The number of benzene rings is 2. The zero-order chi connectivity index (χ0) is 29.7. The van der Waals surface area contributed by atoms with Crippen LogP contribution >= 0.6 is 0 Å². The van der Waals surface area contributed by atoms with Crippen molar-refractivity contribution in [2.45, 2.75) is 24.8 Å². The molecule has 2 fully saturated rings. The van der Waals surface area contributed by atoms with Gasteiger partial charge in [0.15, 0.2) is 0 Å². The highest BCUT2D eigenvalue weighted by atomic mass is 19.4. The first kappa shape index (κ1) is 27.3. The van der Waals surface area contributed by atoms with E-state index in [0.29, 0.717) is 55.8 Å². The van der Waals surface area contributed by atoms with Crippen molar-refractivity contribution in [1.82, 2.24) is 34.3 Å². The Kier molecular flexibility index (Phi) is 6.78. The third kappa shape index (κ3) is 4.97. The van der Waals surface area contributed by atoms with E-state index in [2.05, 4.69) is 24.8 Å². The second-order valence-corrected chi connectivity index (χ2v) is 10.7. The minimum atomic E-state index is -4.72. The van der Waals surface area contributed by atoms with E-state index in [9.17, 15) is 18.0 Å². The number of pyridine rings is 1. The average molecular weight is 592 g/mol. The van der Waals surface area contributed by atoms with E-state index in [0.717, 1.165) is 15.5 Å². The number of nitrogens with zero attached hydrogens (tertiary/aromatic N) is 6. The molecule has 2 aliphatic rings. The van der Waals surface area contributed by atoms with Crippen molar-refractivity contribution in [2.75, 3.05) is 40.0 Å². The number of alkyl halides is 3. The summed E-state index contributed by atoms with van der Waals surface area (Å²) in [6.45, 7) is 2.04. The lowest BCUT2D eigenvalue weighted by molar-refractivity contribution is -0.149. The van der Waals surface area contributed by atoms with E-state index in [4.69, 9.17) is 9.47 Å². The number of carbonyl (C=O) groups excluding carboxylic acids is 1. The van der Waals surface area contributed by atoms with Crippen molar-refractivity contribution in [3.05, 3.63) is 72.4 Å². The second kappa shape index (κ2) is 10.7. The number of rotatable bonds is 6. The van der Waals surface area contributed by atoms with Gasteiger partial charge in [-0.15, -0.1) is 0 Å². The fourth-order valence-electron chi connectivity index (χ4n) is 5.87. The molecule has 2 aromatic carbocycles. The van der Waals surface area contributed by atoms with Gasteiger partial charge >= 0.3 is 6.18 Å². The lowest BCUT2D eigenvalue weighted by Crippen LogP contribution is -2.58. The number of aromatic nitrogens is 5. The number of aromatic amines is 1. The Hall–Kier alpha value is -4.49. The quantitative estimate of drug-likeness (QED) is 0.315. The standard InChI is InChI=1S/C30H28F3N7O3/c1-42-28-20(12-18-6-2-3-7-21(18)36-28)23-13-34-27(35-23)25-14-38(19-16-43-17-19)10-11-39(25)26(41)15-40-24-9-5-4-8-22(24)37-29(40)30(31,32)33/h2-9,12-13,19,25H,10-11,14-17H2,1H3,(H,34,35)/t25-/m0/s1. The molecule has 1 amide bonds. The summed E-state index contributed by atoms with van der Waals surface area (Å²) >= 11 is 0. The van der Waals surface area contributed by atoms with Crippen LogP contribution in [0.3, 0.4) is 0 Å². The highest BCUT2D eigenvalue weighted by Gasteiger charge is 2.41. The number of imidazole rings is 2. The number of ether oxygens (including phenoxy) is 2. The monoisotopic (exact) mass is 591 g/mol. The van der Waals surface area contributed by atoms with Crippen molar-refractivity contribution >= 4 is 27.8 Å². The Labute approximate surface area is 244 Å². The average Bonchev–Trinajstić information content (AvgIpc) is 3.61. The van der Waals surface area contributed by atoms with E-state index >= 15 is 0 Å². The molecule has 0 spiro atoms. The van der Waals surface area contributed by atoms with Crippen LogP contribution in [0.25, 0.3) is 33.2 Å². The van der Waals surface area contributed by atoms with Gasteiger partial charge in [-0.1, -0.05) is 30.3 Å². The van der Waals surface area contributed by atoms with Crippen LogP contribution < -0.4 is 4.74 Å². The van der Waals surface area contributed by atoms with Gasteiger partial charge in [-0.3, -0.25) is 9.69 Å². The van der Waals surface area contributed by atoms with Gasteiger partial charge in [0.25, 0.3) is 0 Å². The summed E-state index contributed by atoms with van der Waals surface area (Å²) in [5.74, 6) is -0.605. The SMILES string of the molecule is COc1nc2ccccc2cc1-c1cnc([C@@H]2CN(C3COC3)CCN2C(=O)Cn2c(C(F)(F)F)nc3ccccc32)[nH]1. The van der Waals surface area contributed by atoms with Crippen LogP contribution in [0.1, 0.15) is 17.7 Å². The Balaban J connectivity index is 1.23. The molecule has 5 heterocycles. The summed E-state index contributed by atoms with van der Waals surface area (Å²) in [5, 5.41) is 0.924. The topological polar surface area (TPSA) is 101 Å². The molecular weight excluding hydrogens is 563 g/mol. The third-order valence-corrected chi connectivity index (χ3v) is 8.15. The summed E-state index contributed by atoms with van der Waals surface area (Å²) in [6.07, 6.45) is -3.05. The summed E-state index contributed by atoms with van der Waals surface area (Å²) < 4.78 is 53.9. The predicted molar refractivity (Wildman–Crippen MR) is 151 cm³/mol. The van der Waals surface area contributed by atoms with E-state index in [1.807, 2.05) is 30.3 Å². The molecule has 10 nitrogen and oxygen atoms in total. The molecule has 222 valence electrons. The number of carbonyl (C=O) groups is 1. The first-order valence-electron chi connectivity index (χ1n) is 13.9. The number of fused-ring (bicyclic) bond motifs is 2. The number of para-hydroxylation sites is 3. The predicted octanol–water partition coefficient (Wildman–Crippen LogP) is 4.29. The summed E-state index contributed by atoms with van der Waals surface area (Å²) in [5.41, 5.74) is 2.58. The molecule has 2 saturated heterocycles. The van der Waals surface area contributed by atoms with Gasteiger partial charge in [-0.05, 0) is 24.3 Å². The Morgan fingerprint density at radius 3 is 2.58 bits per heavy atom. The molecule has 1 N–H and O–H groups in total. The van der Waals surface area contributed by atoms with Crippen molar-refractivity contribution in [3.63, 3.8) is 0 Å². The Morgan fingerprint density at radius 1 is 1.07 bits per heavy atom. The molecule has 43 heavy (non-hydrogen) atoms. The molecule has 0 saturated carbocycles.